The van der Waals surface area contributed by atoms with Gasteiger partial charge in [0.15, 0.2) is 0 Å². The largest absolute Gasteiger partial charge is 0.399 e. The van der Waals surface area contributed by atoms with Crippen molar-refractivity contribution in [1.82, 2.24) is 4.90 Å². The van der Waals surface area contributed by atoms with E-state index in [9.17, 15) is 0 Å². The van der Waals surface area contributed by atoms with Crippen LogP contribution in [0.1, 0.15) is 24.3 Å². The summed E-state index contributed by atoms with van der Waals surface area (Å²) in [5.74, 6) is 0. The number of nitrogens with two attached hydrogens (primary N) is 1. The number of thiophene rings is 1. The van der Waals surface area contributed by atoms with Gasteiger partial charge in [0.05, 0.1) is 0 Å². The molecular weight excluding hydrogens is 320 g/mol. The molecule has 0 amide bonds. The van der Waals surface area contributed by atoms with Crippen LogP contribution < -0.4 is 5.73 Å². The van der Waals surface area contributed by atoms with Crippen LogP contribution in [0.15, 0.2) is 40.2 Å². The molecule has 2 aromatic rings. The van der Waals surface area contributed by atoms with Gasteiger partial charge < -0.3 is 5.73 Å². The Kier molecular flexibility index (Phi) is 5.02. The molecule has 2 N–H and O–H groups in total. The Bertz CT molecular complexity index is 536. The van der Waals surface area contributed by atoms with Crippen LogP contribution in [-0.2, 0) is 13.1 Å². The normalized spacial score (nSPS) is 11.4. The highest BCUT2D eigenvalue weighted by molar-refractivity contribution is 9.10. The molecule has 1 heterocycles. The summed E-state index contributed by atoms with van der Waals surface area (Å²) >= 11 is 5.31. The average molecular weight is 339 g/mol. The summed E-state index contributed by atoms with van der Waals surface area (Å²) in [6.45, 7) is 6.37. The van der Waals surface area contributed by atoms with Crippen LogP contribution >= 0.6 is 27.3 Å². The molecule has 2 nitrogen and oxygen atoms in total. The van der Waals surface area contributed by atoms with Crippen molar-refractivity contribution in [2.24, 2.45) is 0 Å². The predicted molar refractivity (Wildman–Crippen MR) is 87.3 cm³/mol. The topological polar surface area (TPSA) is 29.3 Å². The highest BCUT2D eigenvalue weighted by Crippen LogP contribution is 2.23. The molecule has 0 saturated carbocycles. The maximum atomic E-state index is 5.84. The fourth-order valence-electron chi connectivity index (χ4n) is 1.98. The lowest BCUT2D eigenvalue weighted by atomic mass is 10.1. The Morgan fingerprint density at radius 1 is 1.26 bits per heavy atom. The van der Waals surface area contributed by atoms with Crippen molar-refractivity contribution in [2.75, 3.05) is 5.73 Å². The van der Waals surface area contributed by atoms with Crippen molar-refractivity contribution in [1.29, 1.82) is 0 Å². The first kappa shape index (κ1) is 14.6. The minimum Gasteiger partial charge on any atom is -0.399 e. The zero-order valence-electron chi connectivity index (χ0n) is 11.3. The molecule has 4 heteroatoms. The molecule has 0 bridgehead atoms. The minimum atomic E-state index is 0.502. The van der Waals surface area contributed by atoms with Gasteiger partial charge in [0.1, 0.15) is 0 Å². The highest BCUT2D eigenvalue weighted by atomic mass is 79.9. The monoisotopic (exact) mass is 338 g/mol. The molecule has 0 atom stereocenters. The molecule has 0 saturated heterocycles. The van der Waals surface area contributed by atoms with Gasteiger partial charge in [0, 0.05) is 39.5 Å². The van der Waals surface area contributed by atoms with Gasteiger partial charge in [-0.25, -0.2) is 0 Å². The van der Waals surface area contributed by atoms with Crippen molar-refractivity contribution in [2.45, 2.75) is 33.0 Å². The summed E-state index contributed by atoms with van der Waals surface area (Å²) in [4.78, 5) is 3.83. The summed E-state index contributed by atoms with van der Waals surface area (Å²) < 4.78 is 1.17. The zero-order valence-corrected chi connectivity index (χ0v) is 13.7. The molecule has 0 aliphatic carbocycles. The summed E-state index contributed by atoms with van der Waals surface area (Å²) in [5.41, 5.74) is 7.94. The molecule has 2 rings (SSSR count). The first-order valence-corrected chi connectivity index (χ1v) is 8.03. The molecule has 19 heavy (non-hydrogen) atoms. The van der Waals surface area contributed by atoms with Gasteiger partial charge in [-0.3, -0.25) is 4.90 Å². The minimum absolute atomic E-state index is 0.502. The second-order valence-corrected chi connectivity index (χ2v) is 6.89. The number of nitrogens with zero attached hydrogens (tertiary/aromatic N) is 1. The first-order valence-electron chi connectivity index (χ1n) is 6.36. The van der Waals surface area contributed by atoms with Gasteiger partial charge in [-0.05, 0) is 53.5 Å². The van der Waals surface area contributed by atoms with Gasteiger partial charge in [-0.2, -0.15) is 0 Å². The van der Waals surface area contributed by atoms with E-state index in [1.807, 2.05) is 12.1 Å². The third kappa shape index (κ3) is 4.34. The predicted octanol–water partition coefficient (Wildman–Crippen LogP) is 4.50. The van der Waals surface area contributed by atoms with Crippen LogP contribution in [0, 0.1) is 0 Å². The van der Waals surface area contributed by atoms with E-state index in [1.165, 1.54) is 14.9 Å². The van der Waals surface area contributed by atoms with E-state index < -0.39 is 0 Å². The molecule has 0 fully saturated rings. The van der Waals surface area contributed by atoms with Crippen molar-refractivity contribution in [3.63, 3.8) is 0 Å². The molecule has 0 spiro atoms. The van der Waals surface area contributed by atoms with Crippen molar-refractivity contribution in [3.05, 3.63) is 50.6 Å². The fraction of sp³-hybridized carbons (Fsp3) is 0.333. The summed E-state index contributed by atoms with van der Waals surface area (Å²) in [6, 6.07) is 10.8. The van der Waals surface area contributed by atoms with Crippen LogP contribution in [0.3, 0.4) is 0 Å². The van der Waals surface area contributed by atoms with Gasteiger partial charge in [-0.1, -0.05) is 12.1 Å². The Morgan fingerprint density at radius 3 is 2.63 bits per heavy atom. The smallest absolute Gasteiger partial charge is 0.0334 e. The number of anilines is 1. The molecule has 0 aliphatic rings. The second-order valence-electron chi connectivity index (χ2n) is 4.98. The van der Waals surface area contributed by atoms with Crippen LogP contribution in [-0.4, -0.2) is 10.9 Å². The second kappa shape index (κ2) is 6.55. The van der Waals surface area contributed by atoms with Gasteiger partial charge in [-0.15, -0.1) is 11.3 Å². The number of benzene rings is 1. The van der Waals surface area contributed by atoms with Crippen LogP contribution in [0.25, 0.3) is 0 Å². The number of hydrogen-bond donors (Lipinski definition) is 1. The van der Waals surface area contributed by atoms with Gasteiger partial charge in [0.2, 0.25) is 0 Å². The molecule has 0 unspecified atom stereocenters. The average Bonchev–Trinajstić information content (AvgIpc) is 2.74. The maximum absolute atomic E-state index is 5.84. The van der Waals surface area contributed by atoms with Crippen LogP contribution in [0.2, 0.25) is 0 Å². The molecular formula is C15H19BrN2S. The van der Waals surface area contributed by atoms with Gasteiger partial charge >= 0.3 is 0 Å². The van der Waals surface area contributed by atoms with E-state index in [0.717, 1.165) is 18.8 Å². The fourth-order valence-corrected chi connectivity index (χ4v) is 3.46. The Hall–Kier alpha value is -0.840. The van der Waals surface area contributed by atoms with E-state index >= 15 is 0 Å². The summed E-state index contributed by atoms with van der Waals surface area (Å²) in [6.07, 6.45) is 0. The summed E-state index contributed by atoms with van der Waals surface area (Å²) in [5, 5.41) is 2.13. The number of halogens is 1. The van der Waals surface area contributed by atoms with Crippen molar-refractivity contribution >= 4 is 33.0 Å². The van der Waals surface area contributed by atoms with Crippen molar-refractivity contribution in [3.8, 4) is 0 Å². The lowest BCUT2D eigenvalue weighted by Gasteiger charge is -2.26. The van der Waals surface area contributed by atoms with Crippen LogP contribution in [0.5, 0.6) is 0 Å². The van der Waals surface area contributed by atoms with E-state index in [1.54, 1.807) is 11.3 Å². The van der Waals surface area contributed by atoms with E-state index in [0.29, 0.717) is 6.04 Å². The van der Waals surface area contributed by atoms with E-state index in [4.69, 9.17) is 5.73 Å². The SMILES string of the molecule is CC(C)N(Cc1cccc(N)c1)Cc1cc(Br)cs1. The third-order valence-corrected chi connectivity index (χ3v) is 4.73. The number of rotatable bonds is 5. The third-order valence-electron chi connectivity index (χ3n) is 3.05. The van der Waals surface area contributed by atoms with Crippen molar-refractivity contribution < 1.29 is 0 Å². The Morgan fingerprint density at radius 2 is 2.05 bits per heavy atom. The standard InChI is InChI=1S/C15H19BrN2S/c1-11(2)18(9-15-7-13(16)10-19-15)8-12-4-3-5-14(17)6-12/h3-7,10-11H,8-9,17H2,1-2H3. The zero-order chi connectivity index (χ0) is 13.8. The molecule has 0 radical (unpaired) electrons. The lowest BCUT2D eigenvalue weighted by Crippen LogP contribution is -2.29. The van der Waals surface area contributed by atoms with E-state index in [-0.39, 0.29) is 0 Å². The Balaban J connectivity index is 2.08. The molecule has 1 aromatic carbocycles. The maximum Gasteiger partial charge on any atom is 0.0334 e. The number of nitrogen functional groups attached to an aromatic ring is 1. The quantitative estimate of drug-likeness (QED) is 0.813. The van der Waals surface area contributed by atoms with Crippen LogP contribution in [0.4, 0.5) is 5.69 Å². The summed E-state index contributed by atoms with van der Waals surface area (Å²) in [7, 11) is 0. The number of hydrogen-bond acceptors (Lipinski definition) is 3. The van der Waals surface area contributed by atoms with Gasteiger partial charge in [0.25, 0.3) is 0 Å². The molecule has 102 valence electrons. The highest BCUT2D eigenvalue weighted by Gasteiger charge is 2.12. The molecule has 1 aromatic heterocycles. The van der Waals surface area contributed by atoms with E-state index in [2.05, 4.69) is 58.3 Å². The first-order chi connectivity index (χ1) is 9.04. The molecule has 0 aliphatic heterocycles. The lowest BCUT2D eigenvalue weighted by molar-refractivity contribution is 0.205. The Labute approximate surface area is 127 Å².